The van der Waals surface area contributed by atoms with Crippen molar-refractivity contribution in [3.05, 3.63) is 89.8 Å². The van der Waals surface area contributed by atoms with Crippen molar-refractivity contribution in [1.82, 2.24) is 10.2 Å². The fraction of sp³-hybridized carbons (Fsp3) is 0.250. The number of carbonyl (C=O) groups excluding carboxylic acids is 2. The van der Waals surface area contributed by atoms with Gasteiger partial charge in [-0.05, 0) is 54.8 Å². The Morgan fingerprint density at radius 1 is 1.05 bits per heavy atom. The van der Waals surface area contributed by atoms with Crippen LogP contribution in [0.5, 0.6) is 5.75 Å². The third-order valence-corrected chi connectivity index (χ3v) is 5.82. The number of ether oxygens (including phenoxy) is 1. The van der Waals surface area contributed by atoms with Gasteiger partial charge in [-0.15, -0.1) is 0 Å². The van der Waals surface area contributed by atoms with Crippen LogP contribution in [0.2, 0.25) is 0 Å². The van der Waals surface area contributed by atoms with Crippen LogP contribution in [0, 0.1) is 6.92 Å². The van der Waals surface area contributed by atoms with Gasteiger partial charge in [-0.25, -0.2) is 4.79 Å². The Labute approximate surface area is 216 Å². The average molecular weight is 505 g/mol. The van der Waals surface area contributed by atoms with Crippen LogP contribution in [0.4, 0.5) is 16.2 Å². The monoisotopic (exact) mass is 504 g/mol. The fourth-order valence-corrected chi connectivity index (χ4v) is 3.92. The highest BCUT2D eigenvalue weighted by atomic mass is 16.5. The SMILES string of the molecule is COc1cc(C(NC(C)=O)C2=CN(C(C)CC(=O)O)C=CC=C2)ccc1NC(=O)Nc1ccccc1C. The number of rotatable bonds is 9. The molecule has 0 saturated heterocycles. The van der Waals surface area contributed by atoms with Gasteiger partial charge in [0.2, 0.25) is 5.91 Å². The van der Waals surface area contributed by atoms with Gasteiger partial charge in [-0.3, -0.25) is 9.59 Å². The number of amides is 3. The number of hydrogen-bond acceptors (Lipinski definition) is 5. The van der Waals surface area contributed by atoms with Gasteiger partial charge in [0.05, 0.1) is 25.3 Å². The summed E-state index contributed by atoms with van der Waals surface area (Å²) < 4.78 is 5.55. The molecule has 0 spiro atoms. The van der Waals surface area contributed by atoms with E-state index < -0.39 is 18.0 Å². The Morgan fingerprint density at radius 2 is 1.78 bits per heavy atom. The zero-order valence-corrected chi connectivity index (χ0v) is 21.3. The van der Waals surface area contributed by atoms with E-state index in [0.29, 0.717) is 17.1 Å². The zero-order valence-electron chi connectivity index (χ0n) is 21.3. The zero-order chi connectivity index (χ0) is 26.9. The summed E-state index contributed by atoms with van der Waals surface area (Å²) in [7, 11) is 1.50. The van der Waals surface area contributed by atoms with E-state index in [1.165, 1.54) is 14.0 Å². The van der Waals surface area contributed by atoms with Gasteiger partial charge in [0, 0.05) is 31.1 Å². The molecule has 0 aliphatic carbocycles. The molecule has 1 aliphatic heterocycles. The normalized spacial score (nSPS) is 14.2. The minimum atomic E-state index is -0.897. The lowest BCUT2D eigenvalue weighted by Crippen LogP contribution is -2.30. The van der Waals surface area contributed by atoms with Crippen molar-refractivity contribution in [1.29, 1.82) is 0 Å². The number of methoxy groups -OCH3 is 1. The largest absolute Gasteiger partial charge is 0.495 e. The molecule has 0 bridgehead atoms. The summed E-state index contributed by atoms with van der Waals surface area (Å²) in [5.41, 5.74) is 3.56. The van der Waals surface area contributed by atoms with Gasteiger partial charge in [-0.2, -0.15) is 0 Å². The van der Waals surface area contributed by atoms with Gasteiger partial charge < -0.3 is 30.7 Å². The van der Waals surface area contributed by atoms with Crippen molar-refractivity contribution in [2.75, 3.05) is 17.7 Å². The van der Waals surface area contributed by atoms with E-state index in [9.17, 15) is 19.5 Å². The lowest BCUT2D eigenvalue weighted by Gasteiger charge is -2.26. The highest BCUT2D eigenvalue weighted by molar-refractivity contribution is 6.01. The first-order valence-electron chi connectivity index (χ1n) is 11.8. The van der Waals surface area contributed by atoms with Crippen molar-refractivity contribution < 1.29 is 24.2 Å². The van der Waals surface area contributed by atoms with E-state index in [4.69, 9.17) is 4.74 Å². The number of nitrogens with zero attached hydrogens (tertiary/aromatic N) is 1. The Kier molecular flexibility index (Phi) is 9.10. The summed E-state index contributed by atoms with van der Waals surface area (Å²) in [5.74, 6) is -0.716. The number of carboxylic acids is 1. The standard InChI is InChI=1S/C28H32N4O5/c1-18-9-5-6-11-23(18)30-28(36)31-24-13-12-21(16-25(24)37-4)27(29-20(3)33)22-10-7-8-14-32(17-22)19(2)15-26(34)35/h5-14,16-17,19,27H,15H2,1-4H3,(H,29,33)(H,34,35)(H2,30,31,36). The summed E-state index contributed by atoms with van der Waals surface area (Å²) in [6.45, 7) is 5.15. The van der Waals surface area contributed by atoms with Crippen molar-refractivity contribution >= 4 is 29.3 Å². The molecule has 1 heterocycles. The van der Waals surface area contributed by atoms with Crippen LogP contribution < -0.4 is 20.7 Å². The molecular formula is C28H32N4O5. The number of anilines is 2. The van der Waals surface area contributed by atoms with E-state index in [2.05, 4.69) is 16.0 Å². The summed E-state index contributed by atoms with van der Waals surface area (Å²) in [4.78, 5) is 37.8. The van der Waals surface area contributed by atoms with Crippen LogP contribution in [0.3, 0.4) is 0 Å². The van der Waals surface area contributed by atoms with E-state index in [1.807, 2.05) is 62.5 Å². The van der Waals surface area contributed by atoms with E-state index in [0.717, 1.165) is 16.7 Å². The van der Waals surface area contributed by atoms with Crippen molar-refractivity contribution in [2.24, 2.45) is 0 Å². The third-order valence-electron chi connectivity index (χ3n) is 5.82. The Hall–Kier alpha value is -4.53. The predicted molar refractivity (Wildman–Crippen MR) is 143 cm³/mol. The average Bonchev–Trinajstić information content (AvgIpc) is 3.10. The summed E-state index contributed by atoms with van der Waals surface area (Å²) in [5, 5.41) is 17.8. The van der Waals surface area contributed by atoms with E-state index in [-0.39, 0.29) is 18.4 Å². The fourth-order valence-electron chi connectivity index (χ4n) is 3.92. The lowest BCUT2D eigenvalue weighted by atomic mass is 9.97. The van der Waals surface area contributed by atoms with Crippen LogP contribution in [0.1, 0.15) is 37.4 Å². The minimum Gasteiger partial charge on any atom is -0.495 e. The molecule has 3 rings (SSSR count). The smallest absolute Gasteiger partial charge is 0.323 e. The van der Waals surface area contributed by atoms with E-state index >= 15 is 0 Å². The summed E-state index contributed by atoms with van der Waals surface area (Å²) in [6.07, 6.45) is 9.08. The Balaban J connectivity index is 1.89. The van der Waals surface area contributed by atoms with Gasteiger partial charge in [0.15, 0.2) is 0 Å². The molecule has 9 nitrogen and oxygen atoms in total. The number of urea groups is 1. The van der Waals surface area contributed by atoms with Gasteiger partial charge in [-0.1, -0.05) is 36.4 Å². The molecule has 0 saturated carbocycles. The van der Waals surface area contributed by atoms with Crippen LogP contribution in [-0.2, 0) is 9.59 Å². The molecule has 0 radical (unpaired) electrons. The number of hydrogen-bond donors (Lipinski definition) is 4. The van der Waals surface area contributed by atoms with Crippen molar-refractivity contribution in [3.63, 3.8) is 0 Å². The van der Waals surface area contributed by atoms with Crippen molar-refractivity contribution in [3.8, 4) is 5.75 Å². The number of aliphatic carboxylic acids is 1. The topological polar surface area (TPSA) is 120 Å². The quantitative estimate of drug-likeness (QED) is 0.383. The first-order chi connectivity index (χ1) is 17.7. The second-order valence-electron chi connectivity index (χ2n) is 8.71. The molecule has 2 aromatic rings. The Morgan fingerprint density at radius 3 is 2.46 bits per heavy atom. The third kappa shape index (κ3) is 7.47. The molecule has 2 atom stereocenters. The highest BCUT2D eigenvalue weighted by Gasteiger charge is 2.22. The number of nitrogens with one attached hydrogen (secondary N) is 3. The molecule has 37 heavy (non-hydrogen) atoms. The molecule has 194 valence electrons. The molecule has 3 amide bonds. The van der Waals surface area contributed by atoms with Crippen LogP contribution in [0.25, 0.3) is 0 Å². The molecule has 0 aromatic heterocycles. The summed E-state index contributed by atoms with van der Waals surface area (Å²) >= 11 is 0. The summed E-state index contributed by atoms with van der Waals surface area (Å²) in [6, 6.07) is 11.5. The van der Waals surface area contributed by atoms with Gasteiger partial charge in [0.25, 0.3) is 0 Å². The second kappa shape index (κ2) is 12.4. The van der Waals surface area contributed by atoms with Gasteiger partial charge >= 0.3 is 12.0 Å². The lowest BCUT2D eigenvalue weighted by molar-refractivity contribution is -0.137. The maximum atomic E-state index is 12.6. The molecular weight excluding hydrogens is 472 g/mol. The van der Waals surface area contributed by atoms with Crippen molar-refractivity contribution in [2.45, 2.75) is 39.3 Å². The number of carbonyl (C=O) groups is 3. The number of para-hydroxylation sites is 1. The first kappa shape index (κ1) is 27.1. The van der Waals surface area contributed by atoms with E-state index in [1.54, 1.807) is 29.3 Å². The Bertz CT molecular complexity index is 1250. The van der Waals surface area contributed by atoms with Gasteiger partial charge in [0.1, 0.15) is 5.75 Å². The predicted octanol–water partition coefficient (Wildman–Crippen LogP) is 4.96. The number of aryl methyl sites for hydroxylation is 1. The number of allylic oxidation sites excluding steroid dienone is 2. The highest BCUT2D eigenvalue weighted by Crippen LogP contribution is 2.32. The maximum Gasteiger partial charge on any atom is 0.323 e. The second-order valence-corrected chi connectivity index (χ2v) is 8.71. The molecule has 2 unspecified atom stereocenters. The first-order valence-corrected chi connectivity index (χ1v) is 11.8. The number of carboxylic acid groups (broad SMARTS) is 1. The molecule has 2 aromatic carbocycles. The molecule has 4 N–H and O–H groups in total. The molecule has 9 heteroatoms. The van der Waals surface area contributed by atoms with Crippen LogP contribution >= 0.6 is 0 Å². The number of benzene rings is 2. The minimum absolute atomic E-state index is 0.0440. The van der Waals surface area contributed by atoms with Crippen LogP contribution in [-0.4, -0.2) is 41.1 Å². The molecule has 1 aliphatic rings. The maximum absolute atomic E-state index is 12.6. The van der Waals surface area contributed by atoms with Crippen LogP contribution in [0.15, 0.2) is 78.7 Å². The molecule has 0 fully saturated rings.